The predicted molar refractivity (Wildman–Crippen MR) is 126 cm³/mol. The molecule has 4 rings (SSSR count). The van der Waals surface area contributed by atoms with Gasteiger partial charge < -0.3 is 29.7 Å². The number of hydrogen-bond acceptors (Lipinski definition) is 7. The minimum atomic E-state index is -0.158. The number of nitrogens with two attached hydrogens (primary N) is 1. The Kier molecular flexibility index (Phi) is 6.46. The highest BCUT2D eigenvalue weighted by Gasteiger charge is 2.18. The predicted octanol–water partition coefficient (Wildman–Crippen LogP) is 3.88. The molecule has 1 amide bonds. The highest BCUT2D eigenvalue weighted by molar-refractivity contribution is 5.96. The van der Waals surface area contributed by atoms with Crippen LogP contribution in [-0.2, 0) is 0 Å². The molecule has 0 saturated heterocycles. The van der Waals surface area contributed by atoms with Crippen LogP contribution in [0.25, 0.3) is 33.6 Å². The Labute approximate surface area is 191 Å². The zero-order valence-electron chi connectivity index (χ0n) is 18.7. The van der Waals surface area contributed by atoms with Gasteiger partial charge in [-0.3, -0.25) is 9.78 Å². The van der Waals surface area contributed by atoms with E-state index in [4.69, 9.17) is 24.4 Å². The van der Waals surface area contributed by atoms with E-state index in [2.05, 4.69) is 10.3 Å². The Balaban J connectivity index is 1.73. The topological polar surface area (TPSA) is 109 Å². The normalized spacial score (nSPS) is 10.8. The molecule has 0 aliphatic heterocycles. The van der Waals surface area contributed by atoms with Crippen LogP contribution in [0.4, 0.5) is 0 Å². The van der Waals surface area contributed by atoms with Crippen molar-refractivity contribution in [1.29, 1.82) is 0 Å². The summed E-state index contributed by atoms with van der Waals surface area (Å²) in [5.74, 6) is 2.03. The number of rotatable bonds is 8. The Morgan fingerprint density at radius 2 is 1.67 bits per heavy atom. The van der Waals surface area contributed by atoms with Crippen LogP contribution in [0.3, 0.4) is 0 Å². The molecule has 0 bridgehead atoms. The van der Waals surface area contributed by atoms with Gasteiger partial charge in [0.2, 0.25) is 5.75 Å². The summed E-state index contributed by atoms with van der Waals surface area (Å²) >= 11 is 0. The van der Waals surface area contributed by atoms with E-state index in [-0.39, 0.29) is 5.91 Å². The Morgan fingerprint density at radius 1 is 0.970 bits per heavy atom. The van der Waals surface area contributed by atoms with Crippen molar-refractivity contribution in [3.8, 4) is 39.7 Å². The maximum absolute atomic E-state index is 12.1. The van der Waals surface area contributed by atoms with Gasteiger partial charge in [-0.25, -0.2) is 0 Å². The van der Waals surface area contributed by atoms with Crippen molar-refractivity contribution in [2.24, 2.45) is 5.73 Å². The van der Waals surface area contributed by atoms with E-state index in [1.807, 2.05) is 36.4 Å². The van der Waals surface area contributed by atoms with Crippen LogP contribution in [0.2, 0.25) is 0 Å². The Hall–Kier alpha value is -4.04. The number of carbonyl (C=O) groups excluding carboxylic acids is 1. The fourth-order valence-electron chi connectivity index (χ4n) is 3.62. The van der Waals surface area contributed by atoms with Crippen LogP contribution in [-0.4, -0.2) is 45.3 Å². The van der Waals surface area contributed by atoms with Crippen LogP contribution < -0.4 is 25.3 Å². The summed E-state index contributed by atoms with van der Waals surface area (Å²) in [6.45, 7) is 0.827. The van der Waals surface area contributed by atoms with E-state index < -0.39 is 0 Å². The molecule has 4 aromatic rings. The molecule has 2 aromatic carbocycles. The van der Waals surface area contributed by atoms with Gasteiger partial charge in [0.25, 0.3) is 5.91 Å². The van der Waals surface area contributed by atoms with E-state index in [0.29, 0.717) is 52.8 Å². The van der Waals surface area contributed by atoms with Gasteiger partial charge in [-0.1, -0.05) is 12.1 Å². The SMILES string of the molecule is COc1cc(-c2cc3nccc(-c4ccc(C(=O)NCCN)cc4)c3o2)cc(OC)c1OC. The summed E-state index contributed by atoms with van der Waals surface area (Å²) in [5, 5.41) is 2.76. The lowest BCUT2D eigenvalue weighted by molar-refractivity contribution is 0.0955. The second kappa shape index (κ2) is 9.62. The lowest BCUT2D eigenvalue weighted by Crippen LogP contribution is -2.28. The number of aromatic nitrogens is 1. The van der Waals surface area contributed by atoms with Gasteiger partial charge in [0.05, 0.1) is 21.3 Å². The number of methoxy groups -OCH3 is 3. The first-order chi connectivity index (χ1) is 16.1. The first-order valence-electron chi connectivity index (χ1n) is 10.4. The quantitative estimate of drug-likeness (QED) is 0.422. The van der Waals surface area contributed by atoms with Crippen LogP contribution in [0.1, 0.15) is 10.4 Å². The number of nitrogens with zero attached hydrogens (tertiary/aromatic N) is 1. The summed E-state index contributed by atoms with van der Waals surface area (Å²) < 4.78 is 22.6. The van der Waals surface area contributed by atoms with E-state index in [0.717, 1.165) is 16.7 Å². The second-order valence-electron chi connectivity index (χ2n) is 7.22. The number of fused-ring (bicyclic) bond motifs is 1. The van der Waals surface area contributed by atoms with Crippen molar-refractivity contribution in [2.75, 3.05) is 34.4 Å². The molecule has 0 fully saturated rings. The van der Waals surface area contributed by atoms with Crippen molar-refractivity contribution in [3.05, 3.63) is 60.3 Å². The molecule has 3 N–H and O–H groups in total. The third kappa shape index (κ3) is 4.33. The molecule has 0 aliphatic carbocycles. The summed E-state index contributed by atoms with van der Waals surface area (Å²) in [7, 11) is 4.70. The molecule has 0 unspecified atom stereocenters. The second-order valence-corrected chi connectivity index (χ2v) is 7.22. The van der Waals surface area contributed by atoms with Gasteiger partial charge in [0, 0.05) is 42.0 Å². The van der Waals surface area contributed by atoms with Crippen molar-refractivity contribution in [1.82, 2.24) is 10.3 Å². The Morgan fingerprint density at radius 3 is 2.27 bits per heavy atom. The molecule has 170 valence electrons. The average Bonchev–Trinajstić information content (AvgIpc) is 3.31. The fraction of sp³-hybridized carbons (Fsp3) is 0.200. The fourth-order valence-corrected chi connectivity index (χ4v) is 3.62. The molecule has 0 saturated carbocycles. The standard InChI is InChI=1S/C25H25N3O5/c1-30-21-12-17(13-22(31-2)24(21)32-3)20-14-19-23(33-20)18(8-10-27-19)15-4-6-16(7-5-15)25(29)28-11-9-26/h4-8,10,12-14H,9,11,26H2,1-3H3,(H,28,29). The summed E-state index contributed by atoms with van der Waals surface area (Å²) in [6, 6.07) is 14.7. The molecule has 8 heteroatoms. The lowest BCUT2D eigenvalue weighted by Gasteiger charge is -2.13. The third-order valence-corrected chi connectivity index (χ3v) is 5.25. The number of hydrogen-bond donors (Lipinski definition) is 2. The molecular formula is C25H25N3O5. The number of nitrogens with one attached hydrogen (secondary N) is 1. The molecule has 0 aliphatic rings. The number of carbonyl (C=O) groups is 1. The largest absolute Gasteiger partial charge is 0.493 e. The zero-order chi connectivity index (χ0) is 23.4. The number of benzene rings is 2. The third-order valence-electron chi connectivity index (χ3n) is 5.25. The highest BCUT2D eigenvalue weighted by atomic mass is 16.5. The molecule has 0 atom stereocenters. The molecule has 2 aromatic heterocycles. The minimum absolute atomic E-state index is 0.158. The first-order valence-corrected chi connectivity index (χ1v) is 10.4. The minimum Gasteiger partial charge on any atom is -0.493 e. The molecule has 33 heavy (non-hydrogen) atoms. The molecule has 0 radical (unpaired) electrons. The van der Waals surface area contributed by atoms with Crippen LogP contribution in [0, 0.1) is 0 Å². The van der Waals surface area contributed by atoms with E-state index in [9.17, 15) is 4.79 Å². The van der Waals surface area contributed by atoms with Gasteiger partial charge in [-0.2, -0.15) is 0 Å². The smallest absolute Gasteiger partial charge is 0.251 e. The van der Waals surface area contributed by atoms with E-state index >= 15 is 0 Å². The van der Waals surface area contributed by atoms with Crippen molar-refractivity contribution < 1.29 is 23.4 Å². The van der Waals surface area contributed by atoms with Crippen molar-refractivity contribution in [3.63, 3.8) is 0 Å². The van der Waals surface area contributed by atoms with Crippen LogP contribution in [0.5, 0.6) is 17.2 Å². The van der Waals surface area contributed by atoms with Gasteiger partial charge in [0.15, 0.2) is 17.1 Å². The number of furan rings is 1. The van der Waals surface area contributed by atoms with Gasteiger partial charge >= 0.3 is 0 Å². The highest BCUT2D eigenvalue weighted by Crippen LogP contribution is 2.42. The summed E-state index contributed by atoms with van der Waals surface area (Å²) in [5.41, 5.74) is 9.90. The monoisotopic (exact) mass is 447 g/mol. The lowest BCUT2D eigenvalue weighted by atomic mass is 10.0. The van der Waals surface area contributed by atoms with Gasteiger partial charge in [0.1, 0.15) is 11.3 Å². The van der Waals surface area contributed by atoms with Crippen LogP contribution >= 0.6 is 0 Å². The Bertz CT molecular complexity index is 1260. The van der Waals surface area contributed by atoms with E-state index in [1.165, 1.54) is 0 Å². The summed E-state index contributed by atoms with van der Waals surface area (Å²) in [4.78, 5) is 16.6. The van der Waals surface area contributed by atoms with Crippen LogP contribution in [0.15, 0.2) is 59.1 Å². The van der Waals surface area contributed by atoms with Crippen molar-refractivity contribution in [2.45, 2.75) is 0 Å². The first kappa shape index (κ1) is 22.2. The number of pyridine rings is 1. The number of ether oxygens (including phenoxy) is 3. The van der Waals surface area contributed by atoms with E-state index in [1.54, 1.807) is 39.7 Å². The molecule has 0 spiro atoms. The van der Waals surface area contributed by atoms with Crippen molar-refractivity contribution >= 4 is 17.0 Å². The summed E-state index contributed by atoms with van der Waals surface area (Å²) in [6.07, 6.45) is 1.73. The van der Waals surface area contributed by atoms with Gasteiger partial charge in [-0.05, 0) is 35.9 Å². The number of amides is 1. The molecule has 8 nitrogen and oxygen atoms in total. The maximum Gasteiger partial charge on any atom is 0.251 e. The maximum atomic E-state index is 12.1. The van der Waals surface area contributed by atoms with Gasteiger partial charge in [-0.15, -0.1) is 0 Å². The molecule has 2 heterocycles. The molecular weight excluding hydrogens is 422 g/mol. The average molecular weight is 447 g/mol. The zero-order valence-corrected chi connectivity index (χ0v) is 18.7.